The van der Waals surface area contributed by atoms with Gasteiger partial charge < -0.3 is 16.0 Å². The molecule has 0 radical (unpaired) electrons. The number of hydrogen-bond donors (Lipinski definition) is 3. The number of aromatic nitrogens is 2. The lowest BCUT2D eigenvalue weighted by molar-refractivity contribution is -0.119. The van der Waals surface area contributed by atoms with Gasteiger partial charge in [-0.1, -0.05) is 0 Å². The monoisotopic (exact) mass is 235 g/mol. The zero-order valence-electron chi connectivity index (χ0n) is 9.36. The van der Waals surface area contributed by atoms with E-state index in [1.165, 1.54) is 12.4 Å². The second kappa shape index (κ2) is 4.77. The second-order valence-electron chi connectivity index (χ2n) is 3.72. The molecule has 3 N–H and O–H groups in total. The minimum absolute atomic E-state index is 0.0492. The SMILES string of the molecule is CNc1cnc(C(=O)NC2CNC(=O)C2)cn1. The van der Waals surface area contributed by atoms with Crippen LogP contribution in [0.1, 0.15) is 16.9 Å². The van der Waals surface area contributed by atoms with E-state index in [4.69, 9.17) is 0 Å². The molecule has 1 unspecified atom stereocenters. The van der Waals surface area contributed by atoms with Crippen LogP contribution in [0, 0.1) is 0 Å². The zero-order valence-corrected chi connectivity index (χ0v) is 9.36. The molecule has 0 bridgehead atoms. The second-order valence-corrected chi connectivity index (χ2v) is 3.72. The highest BCUT2D eigenvalue weighted by molar-refractivity contribution is 5.93. The lowest BCUT2D eigenvalue weighted by Crippen LogP contribution is -2.36. The van der Waals surface area contributed by atoms with Gasteiger partial charge in [-0.15, -0.1) is 0 Å². The first kappa shape index (κ1) is 11.3. The van der Waals surface area contributed by atoms with Crippen molar-refractivity contribution in [1.29, 1.82) is 0 Å². The van der Waals surface area contributed by atoms with Crippen molar-refractivity contribution in [1.82, 2.24) is 20.6 Å². The molecule has 0 spiro atoms. The summed E-state index contributed by atoms with van der Waals surface area (Å²) >= 11 is 0. The van der Waals surface area contributed by atoms with Crippen molar-refractivity contribution < 1.29 is 9.59 Å². The Morgan fingerprint density at radius 1 is 1.47 bits per heavy atom. The van der Waals surface area contributed by atoms with Gasteiger partial charge in [-0.2, -0.15) is 0 Å². The van der Waals surface area contributed by atoms with Gasteiger partial charge in [-0.25, -0.2) is 9.97 Å². The fourth-order valence-corrected chi connectivity index (χ4v) is 1.54. The molecule has 1 atom stereocenters. The average Bonchev–Trinajstić information content (AvgIpc) is 2.75. The van der Waals surface area contributed by atoms with Crippen LogP contribution in [0.3, 0.4) is 0 Å². The molecule has 17 heavy (non-hydrogen) atoms. The Kier molecular flexibility index (Phi) is 3.17. The van der Waals surface area contributed by atoms with Crippen LogP contribution >= 0.6 is 0 Å². The third kappa shape index (κ3) is 2.68. The van der Waals surface area contributed by atoms with E-state index in [1.807, 2.05) is 0 Å². The van der Waals surface area contributed by atoms with Crippen molar-refractivity contribution in [2.45, 2.75) is 12.5 Å². The molecule has 0 saturated carbocycles. The predicted molar refractivity (Wildman–Crippen MR) is 60.5 cm³/mol. The standard InChI is InChI=1S/C10H13N5O2/c1-11-8-5-12-7(4-13-8)10(17)15-6-2-9(16)14-3-6/h4-6H,2-3H2,1H3,(H,11,13)(H,14,16)(H,15,17). The highest BCUT2D eigenvalue weighted by Crippen LogP contribution is 2.03. The van der Waals surface area contributed by atoms with Crippen molar-refractivity contribution >= 4 is 17.6 Å². The van der Waals surface area contributed by atoms with Gasteiger partial charge in [0.05, 0.1) is 18.4 Å². The van der Waals surface area contributed by atoms with Crippen molar-refractivity contribution in [3.05, 3.63) is 18.1 Å². The van der Waals surface area contributed by atoms with E-state index >= 15 is 0 Å². The van der Waals surface area contributed by atoms with Crippen LogP contribution in [0.25, 0.3) is 0 Å². The molecule has 1 aliphatic heterocycles. The van der Waals surface area contributed by atoms with Crippen LogP contribution in [-0.4, -0.2) is 41.4 Å². The Morgan fingerprint density at radius 2 is 2.29 bits per heavy atom. The maximum absolute atomic E-state index is 11.7. The van der Waals surface area contributed by atoms with Crippen LogP contribution in [0.15, 0.2) is 12.4 Å². The van der Waals surface area contributed by atoms with Crippen LogP contribution in [0.5, 0.6) is 0 Å². The molecule has 2 amide bonds. The van der Waals surface area contributed by atoms with E-state index in [-0.39, 0.29) is 23.6 Å². The first-order valence-electron chi connectivity index (χ1n) is 5.26. The molecule has 7 nitrogen and oxygen atoms in total. The fourth-order valence-electron chi connectivity index (χ4n) is 1.54. The molecule has 90 valence electrons. The van der Waals surface area contributed by atoms with E-state index in [9.17, 15) is 9.59 Å². The molecular weight excluding hydrogens is 222 g/mol. The Hall–Kier alpha value is -2.18. The third-order valence-corrected chi connectivity index (χ3v) is 2.45. The van der Waals surface area contributed by atoms with Crippen molar-refractivity contribution in [2.75, 3.05) is 18.9 Å². The van der Waals surface area contributed by atoms with Crippen LogP contribution in [0.4, 0.5) is 5.82 Å². The summed E-state index contributed by atoms with van der Waals surface area (Å²) in [7, 11) is 1.72. The highest BCUT2D eigenvalue weighted by atomic mass is 16.2. The van der Waals surface area contributed by atoms with E-state index in [2.05, 4.69) is 25.9 Å². The number of anilines is 1. The summed E-state index contributed by atoms with van der Waals surface area (Å²) in [6.45, 7) is 0.465. The summed E-state index contributed by atoms with van der Waals surface area (Å²) in [6, 6.07) is -0.166. The predicted octanol–water partition coefficient (Wildman–Crippen LogP) is -0.863. The Morgan fingerprint density at radius 3 is 2.82 bits per heavy atom. The molecule has 1 aromatic heterocycles. The van der Waals surface area contributed by atoms with Gasteiger partial charge in [0.25, 0.3) is 5.91 Å². The molecule has 1 aromatic rings. The average molecular weight is 235 g/mol. The molecule has 1 aliphatic rings. The Balaban J connectivity index is 1.97. The maximum Gasteiger partial charge on any atom is 0.271 e. The van der Waals surface area contributed by atoms with Crippen molar-refractivity contribution in [3.63, 3.8) is 0 Å². The van der Waals surface area contributed by atoms with Crippen molar-refractivity contribution in [2.24, 2.45) is 0 Å². The highest BCUT2D eigenvalue weighted by Gasteiger charge is 2.23. The molecular formula is C10H13N5O2. The minimum Gasteiger partial charge on any atom is -0.372 e. The molecule has 2 heterocycles. The quantitative estimate of drug-likeness (QED) is 0.633. The number of amides is 2. The summed E-state index contributed by atoms with van der Waals surface area (Å²) in [5.41, 5.74) is 0.239. The lowest BCUT2D eigenvalue weighted by Gasteiger charge is -2.09. The largest absolute Gasteiger partial charge is 0.372 e. The summed E-state index contributed by atoms with van der Waals surface area (Å²) in [6.07, 6.45) is 3.19. The number of carbonyl (C=O) groups excluding carboxylic acids is 2. The Labute approximate surface area is 98.0 Å². The molecule has 0 aliphatic carbocycles. The molecule has 0 aromatic carbocycles. The van der Waals surface area contributed by atoms with Crippen LogP contribution < -0.4 is 16.0 Å². The first-order chi connectivity index (χ1) is 8.19. The summed E-state index contributed by atoms with van der Waals surface area (Å²) in [5.74, 6) is 0.229. The molecule has 1 fully saturated rings. The van der Waals surface area contributed by atoms with Gasteiger partial charge in [0.2, 0.25) is 5.91 Å². The van der Waals surface area contributed by atoms with Gasteiger partial charge in [0.1, 0.15) is 11.5 Å². The Bertz CT molecular complexity index is 431. The third-order valence-electron chi connectivity index (χ3n) is 2.45. The number of carbonyl (C=O) groups is 2. The van der Waals surface area contributed by atoms with Crippen molar-refractivity contribution in [3.8, 4) is 0 Å². The number of hydrogen-bond acceptors (Lipinski definition) is 5. The van der Waals surface area contributed by atoms with E-state index in [1.54, 1.807) is 7.05 Å². The molecule has 2 rings (SSSR count). The van der Waals surface area contributed by atoms with Crippen LogP contribution in [-0.2, 0) is 4.79 Å². The van der Waals surface area contributed by atoms with Gasteiger partial charge in [0, 0.05) is 20.0 Å². The van der Waals surface area contributed by atoms with E-state index in [0.29, 0.717) is 18.8 Å². The lowest BCUT2D eigenvalue weighted by atomic mass is 10.2. The van der Waals surface area contributed by atoms with Gasteiger partial charge >= 0.3 is 0 Å². The number of nitrogens with zero attached hydrogens (tertiary/aromatic N) is 2. The topological polar surface area (TPSA) is 96.0 Å². The smallest absolute Gasteiger partial charge is 0.271 e. The first-order valence-corrected chi connectivity index (χ1v) is 5.26. The maximum atomic E-state index is 11.7. The van der Waals surface area contributed by atoms with E-state index < -0.39 is 0 Å². The number of nitrogens with one attached hydrogen (secondary N) is 3. The summed E-state index contributed by atoms with van der Waals surface area (Å²) < 4.78 is 0. The van der Waals surface area contributed by atoms with E-state index in [0.717, 1.165) is 0 Å². The minimum atomic E-state index is -0.318. The summed E-state index contributed by atoms with van der Waals surface area (Å²) in [5, 5.41) is 8.17. The van der Waals surface area contributed by atoms with Gasteiger partial charge in [-0.05, 0) is 0 Å². The van der Waals surface area contributed by atoms with Gasteiger partial charge in [-0.3, -0.25) is 9.59 Å². The molecule has 7 heteroatoms. The van der Waals surface area contributed by atoms with Gasteiger partial charge in [0.15, 0.2) is 0 Å². The zero-order chi connectivity index (χ0) is 12.3. The van der Waals surface area contributed by atoms with Crippen LogP contribution in [0.2, 0.25) is 0 Å². The number of rotatable bonds is 3. The fraction of sp³-hybridized carbons (Fsp3) is 0.400. The summed E-state index contributed by atoms with van der Waals surface area (Å²) in [4.78, 5) is 30.6. The molecule has 1 saturated heterocycles. The normalized spacial score (nSPS) is 18.6.